The molecule has 0 bridgehead atoms. The predicted octanol–water partition coefficient (Wildman–Crippen LogP) is 2.41. The zero-order valence-electron chi connectivity index (χ0n) is 10.9. The summed E-state index contributed by atoms with van der Waals surface area (Å²) in [6, 6.07) is 8.34. The Bertz CT molecular complexity index is 422. The van der Waals surface area contributed by atoms with Gasteiger partial charge in [-0.05, 0) is 43.6 Å². The van der Waals surface area contributed by atoms with Crippen molar-refractivity contribution in [3.63, 3.8) is 0 Å². The number of hydrogen-bond acceptors (Lipinski definition) is 2. The van der Waals surface area contributed by atoms with Crippen LogP contribution in [0.5, 0.6) is 0 Å². The molecular weight excluding hydrogens is 222 g/mol. The summed E-state index contributed by atoms with van der Waals surface area (Å²) in [5.74, 6) is 5.66. The molecule has 0 aliphatic carbocycles. The van der Waals surface area contributed by atoms with Crippen molar-refractivity contribution >= 4 is 0 Å². The number of likely N-dealkylation sites (tertiary alicyclic amines) is 1. The molecule has 0 spiro atoms. The summed E-state index contributed by atoms with van der Waals surface area (Å²) in [7, 11) is 0. The van der Waals surface area contributed by atoms with Crippen LogP contribution in [0.4, 0.5) is 0 Å². The summed E-state index contributed by atoms with van der Waals surface area (Å²) in [6.07, 6.45) is 5.39. The third kappa shape index (κ3) is 4.18. The highest BCUT2D eigenvalue weighted by atomic mass is 16.2. The Morgan fingerprint density at radius 2 is 1.89 bits per heavy atom. The lowest BCUT2D eigenvalue weighted by atomic mass is 10.1. The number of aliphatic hydroxyl groups excluding tert-OH is 1. The van der Waals surface area contributed by atoms with Gasteiger partial charge in [0.25, 0.3) is 0 Å². The van der Waals surface area contributed by atoms with E-state index in [4.69, 9.17) is 5.11 Å². The molecule has 0 aromatic heterocycles. The molecule has 0 radical (unpaired) electrons. The molecule has 1 heterocycles. The van der Waals surface area contributed by atoms with E-state index in [9.17, 15) is 0 Å². The predicted molar refractivity (Wildman–Crippen MR) is 74.2 cm³/mol. The molecule has 1 aromatic rings. The van der Waals surface area contributed by atoms with Crippen LogP contribution in [-0.4, -0.2) is 29.7 Å². The Kier molecular flexibility index (Phi) is 5.26. The van der Waals surface area contributed by atoms with Gasteiger partial charge in [-0.3, -0.25) is 4.90 Å². The van der Waals surface area contributed by atoms with Crippen molar-refractivity contribution in [3.8, 4) is 11.8 Å². The van der Waals surface area contributed by atoms with Gasteiger partial charge in [0, 0.05) is 12.1 Å². The number of nitrogens with zero attached hydrogens (tertiary/aromatic N) is 1. The van der Waals surface area contributed by atoms with Crippen LogP contribution < -0.4 is 0 Å². The first-order chi connectivity index (χ1) is 8.88. The summed E-state index contributed by atoms with van der Waals surface area (Å²) in [4.78, 5) is 2.53. The molecule has 1 aliphatic heterocycles. The van der Waals surface area contributed by atoms with Crippen LogP contribution in [0.2, 0.25) is 0 Å². The average Bonchev–Trinajstić information content (AvgIpc) is 2.65. The van der Waals surface area contributed by atoms with Gasteiger partial charge in [0.15, 0.2) is 0 Å². The lowest BCUT2D eigenvalue weighted by molar-refractivity contribution is 0.277. The van der Waals surface area contributed by atoms with Crippen molar-refractivity contribution in [1.82, 2.24) is 4.90 Å². The molecule has 0 atom stereocenters. The van der Waals surface area contributed by atoms with Crippen LogP contribution in [0.1, 0.15) is 36.8 Å². The van der Waals surface area contributed by atoms with Gasteiger partial charge in [-0.1, -0.05) is 36.8 Å². The van der Waals surface area contributed by atoms with Gasteiger partial charge in [0.2, 0.25) is 0 Å². The topological polar surface area (TPSA) is 23.5 Å². The van der Waals surface area contributed by atoms with E-state index in [0.717, 1.165) is 12.1 Å². The summed E-state index contributed by atoms with van der Waals surface area (Å²) in [5.41, 5.74) is 2.32. The average molecular weight is 243 g/mol. The van der Waals surface area contributed by atoms with Gasteiger partial charge in [-0.15, -0.1) is 0 Å². The Hall–Kier alpha value is -1.30. The maximum Gasteiger partial charge on any atom is 0.104 e. The van der Waals surface area contributed by atoms with E-state index in [1.165, 1.54) is 44.3 Å². The van der Waals surface area contributed by atoms with Crippen molar-refractivity contribution in [2.75, 3.05) is 19.7 Å². The van der Waals surface area contributed by atoms with E-state index < -0.39 is 0 Å². The summed E-state index contributed by atoms with van der Waals surface area (Å²) in [6.45, 7) is 3.38. The zero-order valence-corrected chi connectivity index (χ0v) is 10.9. The summed E-state index contributed by atoms with van der Waals surface area (Å²) in [5, 5.41) is 8.71. The highest BCUT2D eigenvalue weighted by Gasteiger charge is 2.09. The fourth-order valence-electron chi connectivity index (χ4n) is 2.44. The molecule has 96 valence electrons. The van der Waals surface area contributed by atoms with Crippen LogP contribution in [0.25, 0.3) is 0 Å². The second-order valence-electron chi connectivity index (χ2n) is 4.85. The number of aliphatic hydroxyl groups is 1. The highest BCUT2D eigenvalue weighted by molar-refractivity contribution is 5.37. The van der Waals surface area contributed by atoms with Gasteiger partial charge >= 0.3 is 0 Å². The van der Waals surface area contributed by atoms with E-state index in [1.807, 2.05) is 6.07 Å². The van der Waals surface area contributed by atoms with E-state index in [1.54, 1.807) is 0 Å². The van der Waals surface area contributed by atoms with E-state index in [0.29, 0.717) is 0 Å². The standard InChI is InChI=1S/C16H21NO/c18-12-6-9-15-7-5-8-16(13-15)14-17-10-3-1-2-4-11-17/h5,7-8,13,18H,1-4,10-12,14H2. The molecule has 1 saturated heterocycles. The number of rotatable bonds is 2. The van der Waals surface area contributed by atoms with Gasteiger partial charge in [0.1, 0.15) is 6.61 Å². The first-order valence-electron chi connectivity index (χ1n) is 6.79. The van der Waals surface area contributed by atoms with Crippen LogP contribution in [0.15, 0.2) is 24.3 Å². The Morgan fingerprint density at radius 3 is 2.61 bits per heavy atom. The molecule has 1 aliphatic rings. The second kappa shape index (κ2) is 7.20. The quantitative estimate of drug-likeness (QED) is 0.806. The molecule has 2 rings (SSSR count). The van der Waals surface area contributed by atoms with Crippen LogP contribution in [0, 0.1) is 11.8 Å². The molecule has 18 heavy (non-hydrogen) atoms. The third-order valence-corrected chi connectivity index (χ3v) is 3.34. The number of benzene rings is 1. The molecule has 0 amide bonds. The van der Waals surface area contributed by atoms with E-state index in [2.05, 4.69) is 34.9 Å². The fourth-order valence-corrected chi connectivity index (χ4v) is 2.44. The normalized spacial score (nSPS) is 16.7. The van der Waals surface area contributed by atoms with Crippen LogP contribution in [-0.2, 0) is 6.54 Å². The fraction of sp³-hybridized carbons (Fsp3) is 0.500. The zero-order chi connectivity index (χ0) is 12.6. The van der Waals surface area contributed by atoms with Crippen molar-refractivity contribution in [2.24, 2.45) is 0 Å². The lowest BCUT2D eigenvalue weighted by Gasteiger charge is -2.19. The van der Waals surface area contributed by atoms with Crippen molar-refractivity contribution in [2.45, 2.75) is 32.2 Å². The Labute approximate surface area is 110 Å². The highest BCUT2D eigenvalue weighted by Crippen LogP contribution is 2.13. The van der Waals surface area contributed by atoms with Crippen molar-refractivity contribution in [1.29, 1.82) is 0 Å². The van der Waals surface area contributed by atoms with Gasteiger partial charge < -0.3 is 5.11 Å². The largest absolute Gasteiger partial charge is 0.384 e. The maximum absolute atomic E-state index is 8.71. The van der Waals surface area contributed by atoms with Crippen molar-refractivity contribution < 1.29 is 5.11 Å². The maximum atomic E-state index is 8.71. The van der Waals surface area contributed by atoms with Gasteiger partial charge in [-0.25, -0.2) is 0 Å². The summed E-state index contributed by atoms with van der Waals surface area (Å²) < 4.78 is 0. The monoisotopic (exact) mass is 243 g/mol. The first-order valence-corrected chi connectivity index (χ1v) is 6.79. The first kappa shape index (κ1) is 13.1. The minimum Gasteiger partial charge on any atom is -0.384 e. The van der Waals surface area contributed by atoms with Gasteiger partial charge in [0.05, 0.1) is 0 Å². The molecule has 1 N–H and O–H groups in total. The molecular formula is C16H21NO. The smallest absolute Gasteiger partial charge is 0.104 e. The lowest BCUT2D eigenvalue weighted by Crippen LogP contribution is -2.23. The summed E-state index contributed by atoms with van der Waals surface area (Å²) >= 11 is 0. The van der Waals surface area contributed by atoms with Crippen LogP contribution >= 0.6 is 0 Å². The molecule has 2 heteroatoms. The minimum absolute atomic E-state index is 0.0731. The van der Waals surface area contributed by atoms with Crippen LogP contribution in [0.3, 0.4) is 0 Å². The number of hydrogen-bond donors (Lipinski definition) is 1. The van der Waals surface area contributed by atoms with E-state index in [-0.39, 0.29) is 6.61 Å². The van der Waals surface area contributed by atoms with Crippen molar-refractivity contribution in [3.05, 3.63) is 35.4 Å². The third-order valence-electron chi connectivity index (χ3n) is 3.34. The molecule has 0 saturated carbocycles. The molecule has 1 fully saturated rings. The second-order valence-corrected chi connectivity index (χ2v) is 4.85. The minimum atomic E-state index is -0.0731. The molecule has 0 unspecified atom stereocenters. The Balaban J connectivity index is 1.99. The molecule has 2 nitrogen and oxygen atoms in total. The Morgan fingerprint density at radius 1 is 1.11 bits per heavy atom. The van der Waals surface area contributed by atoms with E-state index >= 15 is 0 Å². The molecule has 1 aromatic carbocycles. The van der Waals surface area contributed by atoms with Gasteiger partial charge in [-0.2, -0.15) is 0 Å². The SMILES string of the molecule is OCC#Cc1cccc(CN2CCCCCC2)c1.